The lowest BCUT2D eigenvalue weighted by molar-refractivity contribution is 0.176. The molecular weight excluding hydrogens is 228 g/mol. The second-order valence-corrected chi connectivity index (χ2v) is 4.32. The van der Waals surface area contributed by atoms with Gasteiger partial charge in [0.1, 0.15) is 5.84 Å². The first-order valence-corrected chi connectivity index (χ1v) is 5.82. The van der Waals surface area contributed by atoms with E-state index in [0.29, 0.717) is 12.3 Å². The number of rotatable bonds is 2. The second-order valence-electron chi connectivity index (χ2n) is 4.32. The number of benzene rings is 1. The number of hydrogen-bond donors (Lipinski definition) is 1. The van der Waals surface area contributed by atoms with Gasteiger partial charge in [0.2, 0.25) is 0 Å². The average molecular weight is 244 g/mol. The molecule has 4 nitrogen and oxygen atoms in total. The third-order valence-electron chi connectivity index (χ3n) is 2.74. The lowest BCUT2D eigenvalue weighted by atomic mass is 10.0. The van der Waals surface area contributed by atoms with Gasteiger partial charge in [0.15, 0.2) is 0 Å². The van der Waals surface area contributed by atoms with Crippen molar-refractivity contribution in [3.63, 3.8) is 0 Å². The maximum absolute atomic E-state index is 11.0. The number of nitrogens with one attached hydrogen (secondary N) is 1. The fourth-order valence-electron chi connectivity index (χ4n) is 1.91. The molecule has 1 aromatic carbocycles. The number of ether oxygens (including phenoxy) is 1. The minimum absolute atomic E-state index is 0.473. The Hall–Kier alpha value is -2.10. The molecule has 1 heterocycles. The standard InChI is InChI=1S/C14H16N2O2/c1-10-4-3-5-11(6-10)7-12-8-13(15-9-12)16-14(17)18-2/h3-6,9H,7-8H2,1-2H3,(H,15,16,17). The van der Waals surface area contributed by atoms with Crippen LogP contribution in [0.4, 0.5) is 4.79 Å². The topological polar surface area (TPSA) is 50.7 Å². The number of aryl methyl sites for hydroxylation is 1. The van der Waals surface area contributed by atoms with Crippen molar-refractivity contribution in [1.82, 2.24) is 5.32 Å². The van der Waals surface area contributed by atoms with Gasteiger partial charge in [0, 0.05) is 12.6 Å². The molecule has 1 amide bonds. The highest BCUT2D eigenvalue weighted by molar-refractivity contribution is 5.98. The molecule has 1 N–H and O–H groups in total. The van der Waals surface area contributed by atoms with Gasteiger partial charge in [-0.3, -0.25) is 5.32 Å². The third-order valence-corrected chi connectivity index (χ3v) is 2.74. The van der Waals surface area contributed by atoms with Crippen LogP contribution in [0.15, 0.2) is 41.0 Å². The number of carbonyl (C=O) groups is 1. The van der Waals surface area contributed by atoms with Gasteiger partial charge < -0.3 is 4.74 Å². The Morgan fingerprint density at radius 3 is 3.06 bits per heavy atom. The second kappa shape index (κ2) is 5.49. The summed E-state index contributed by atoms with van der Waals surface area (Å²) >= 11 is 0. The number of aliphatic imine (C=N–C) groups is 1. The van der Waals surface area contributed by atoms with E-state index in [1.54, 1.807) is 0 Å². The summed E-state index contributed by atoms with van der Waals surface area (Å²) in [7, 11) is 1.34. The zero-order chi connectivity index (χ0) is 13.0. The van der Waals surface area contributed by atoms with E-state index >= 15 is 0 Å². The van der Waals surface area contributed by atoms with Crippen molar-refractivity contribution in [2.24, 2.45) is 4.99 Å². The van der Waals surface area contributed by atoms with Crippen LogP contribution in [0.3, 0.4) is 0 Å². The monoisotopic (exact) mass is 244 g/mol. The van der Waals surface area contributed by atoms with Crippen LogP contribution >= 0.6 is 0 Å². The zero-order valence-electron chi connectivity index (χ0n) is 10.6. The van der Waals surface area contributed by atoms with Crippen molar-refractivity contribution in [1.29, 1.82) is 0 Å². The number of amidine groups is 1. The van der Waals surface area contributed by atoms with E-state index < -0.39 is 6.09 Å². The van der Waals surface area contributed by atoms with E-state index in [4.69, 9.17) is 0 Å². The highest BCUT2D eigenvalue weighted by Crippen LogP contribution is 2.17. The first-order chi connectivity index (χ1) is 8.67. The zero-order valence-corrected chi connectivity index (χ0v) is 10.6. The van der Waals surface area contributed by atoms with E-state index in [2.05, 4.69) is 46.2 Å². The molecule has 0 bridgehead atoms. The summed E-state index contributed by atoms with van der Waals surface area (Å²) in [5.74, 6) is 0.643. The summed E-state index contributed by atoms with van der Waals surface area (Å²) < 4.78 is 4.53. The Morgan fingerprint density at radius 2 is 2.33 bits per heavy atom. The molecule has 0 atom stereocenters. The molecule has 0 radical (unpaired) electrons. The summed E-state index contributed by atoms with van der Waals surface area (Å²) in [6.07, 6.45) is 2.87. The maximum Gasteiger partial charge on any atom is 0.412 e. The van der Waals surface area contributed by atoms with Crippen molar-refractivity contribution in [3.05, 3.63) is 47.2 Å². The molecule has 0 fully saturated rings. The van der Waals surface area contributed by atoms with Crippen LogP contribution in [0.1, 0.15) is 17.5 Å². The van der Waals surface area contributed by atoms with E-state index in [1.165, 1.54) is 23.8 Å². The Kier molecular flexibility index (Phi) is 3.77. The highest BCUT2D eigenvalue weighted by atomic mass is 16.5. The van der Waals surface area contributed by atoms with Crippen LogP contribution in [0.25, 0.3) is 0 Å². The quantitative estimate of drug-likeness (QED) is 0.869. The minimum Gasteiger partial charge on any atom is -0.453 e. The number of amides is 1. The van der Waals surface area contributed by atoms with Gasteiger partial charge in [0.25, 0.3) is 0 Å². The Bertz CT molecular complexity index is 518. The van der Waals surface area contributed by atoms with Crippen molar-refractivity contribution in [3.8, 4) is 0 Å². The predicted molar refractivity (Wildman–Crippen MR) is 70.6 cm³/mol. The fraction of sp³-hybridized carbons (Fsp3) is 0.286. The Balaban J connectivity index is 1.90. The molecule has 0 aliphatic carbocycles. The smallest absolute Gasteiger partial charge is 0.412 e. The molecule has 1 aliphatic rings. The molecule has 0 saturated heterocycles. The minimum atomic E-state index is -0.473. The van der Waals surface area contributed by atoms with Crippen LogP contribution in [-0.4, -0.2) is 19.0 Å². The van der Waals surface area contributed by atoms with Gasteiger partial charge in [-0.25, -0.2) is 9.79 Å². The molecule has 4 heteroatoms. The summed E-state index contributed by atoms with van der Waals surface area (Å²) in [5, 5.41) is 2.59. The van der Waals surface area contributed by atoms with Gasteiger partial charge in [-0.2, -0.15) is 0 Å². The molecule has 2 rings (SSSR count). The van der Waals surface area contributed by atoms with Crippen LogP contribution in [0.5, 0.6) is 0 Å². The summed E-state index contributed by atoms with van der Waals surface area (Å²) in [4.78, 5) is 15.2. The lowest BCUT2D eigenvalue weighted by Crippen LogP contribution is -2.29. The molecule has 0 saturated carbocycles. The van der Waals surface area contributed by atoms with Crippen LogP contribution in [0.2, 0.25) is 0 Å². The molecule has 1 aromatic rings. The fourth-order valence-corrected chi connectivity index (χ4v) is 1.91. The van der Waals surface area contributed by atoms with Gasteiger partial charge in [-0.15, -0.1) is 0 Å². The van der Waals surface area contributed by atoms with E-state index in [0.717, 1.165) is 6.42 Å². The largest absolute Gasteiger partial charge is 0.453 e. The lowest BCUT2D eigenvalue weighted by Gasteiger charge is -2.05. The molecule has 0 unspecified atom stereocenters. The highest BCUT2D eigenvalue weighted by Gasteiger charge is 2.13. The van der Waals surface area contributed by atoms with Crippen molar-refractivity contribution in [2.75, 3.05) is 7.11 Å². The molecule has 1 aliphatic heterocycles. The number of hydrogen-bond acceptors (Lipinski definition) is 3. The predicted octanol–water partition coefficient (Wildman–Crippen LogP) is 2.58. The van der Waals surface area contributed by atoms with Gasteiger partial charge in [-0.1, -0.05) is 29.8 Å². The van der Waals surface area contributed by atoms with Crippen LogP contribution in [-0.2, 0) is 11.2 Å². The Labute approximate surface area is 106 Å². The molecular formula is C14H16N2O2. The van der Waals surface area contributed by atoms with Crippen molar-refractivity contribution >= 4 is 11.9 Å². The molecule has 0 spiro atoms. The number of carbonyl (C=O) groups excluding carboxylic acids is 1. The van der Waals surface area contributed by atoms with Gasteiger partial charge in [0.05, 0.1) is 7.11 Å². The van der Waals surface area contributed by atoms with Crippen LogP contribution in [0, 0.1) is 6.92 Å². The number of methoxy groups -OCH3 is 1. The van der Waals surface area contributed by atoms with Gasteiger partial charge in [-0.05, 0) is 24.5 Å². The van der Waals surface area contributed by atoms with Gasteiger partial charge >= 0.3 is 6.09 Å². The summed E-state index contributed by atoms with van der Waals surface area (Å²) in [5.41, 5.74) is 3.70. The summed E-state index contributed by atoms with van der Waals surface area (Å²) in [6.45, 7) is 2.08. The number of alkyl carbamates (subject to hydrolysis) is 1. The van der Waals surface area contributed by atoms with E-state index in [-0.39, 0.29) is 0 Å². The van der Waals surface area contributed by atoms with E-state index in [1.807, 2.05) is 6.20 Å². The van der Waals surface area contributed by atoms with Crippen molar-refractivity contribution in [2.45, 2.75) is 19.8 Å². The van der Waals surface area contributed by atoms with E-state index in [9.17, 15) is 4.79 Å². The average Bonchev–Trinajstić information content (AvgIpc) is 2.76. The summed E-state index contributed by atoms with van der Waals surface area (Å²) in [6, 6.07) is 8.38. The third kappa shape index (κ3) is 3.20. The first-order valence-electron chi connectivity index (χ1n) is 5.82. The normalized spacial score (nSPS) is 13.9. The number of nitrogens with zero attached hydrogens (tertiary/aromatic N) is 1. The SMILES string of the molecule is COC(=O)NC1=NC=C(Cc2cccc(C)c2)C1. The maximum atomic E-state index is 11.0. The molecule has 94 valence electrons. The molecule has 0 aromatic heterocycles. The van der Waals surface area contributed by atoms with Crippen molar-refractivity contribution < 1.29 is 9.53 Å². The first kappa shape index (κ1) is 12.4. The van der Waals surface area contributed by atoms with Crippen LogP contribution < -0.4 is 5.32 Å². The Morgan fingerprint density at radius 1 is 1.50 bits per heavy atom. The molecule has 18 heavy (non-hydrogen) atoms.